The molecular formula is C12H22Pb. The van der Waals surface area contributed by atoms with Crippen molar-refractivity contribution in [1.82, 2.24) is 0 Å². The van der Waals surface area contributed by atoms with Crippen LogP contribution in [0.2, 0.25) is 0 Å². The van der Waals surface area contributed by atoms with Gasteiger partial charge in [-0.3, -0.25) is 0 Å². The van der Waals surface area contributed by atoms with E-state index in [4.69, 9.17) is 0 Å². The maximum atomic E-state index is 2.47. The van der Waals surface area contributed by atoms with E-state index in [-0.39, 0.29) is 0 Å². The third kappa shape index (κ3) is 12.4. The van der Waals surface area contributed by atoms with Crippen LogP contribution in [0.25, 0.3) is 0 Å². The average Bonchev–Trinajstić information content (AvgIpc) is 2.16. The van der Waals surface area contributed by atoms with Crippen LogP contribution in [0.1, 0.15) is 52.4 Å². The van der Waals surface area contributed by atoms with Gasteiger partial charge in [0.1, 0.15) is 0 Å². The average molecular weight is 374 g/mol. The first-order valence-electron chi connectivity index (χ1n) is 5.47. The molecule has 0 amide bonds. The van der Waals surface area contributed by atoms with Crippen LogP contribution in [-0.2, 0) is 0 Å². The summed E-state index contributed by atoms with van der Waals surface area (Å²) in [5.74, 6) is 0. The monoisotopic (exact) mass is 374 g/mol. The van der Waals surface area contributed by atoms with Gasteiger partial charge in [-0.25, -0.2) is 0 Å². The second-order valence-electron chi connectivity index (χ2n) is 3.26. The van der Waals surface area contributed by atoms with Crippen LogP contribution in [-0.4, -0.2) is 24.2 Å². The van der Waals surface area contributed by atoms with Gasteiger partial charge in [-0.2, -0.15) is 0 Å². The number of hydrogen-bond acceptors (Lipinski definition) is 0. The summed E-state index contributed by atoms with van der Waals surface area (Å²) in [7, 11) is 0. The van der Waals surface area contributed by atoms with E-state index in [2.05, 4.69) is 33.3 Å². The molecule has 0 N–H and O–H groups in total. The van der Waals surface area contributed by atoms with Crippen LogP contribution in [0.3, 0.4) is 0 Å². The molecule has 0 aromatic heterocycles. The minimum absolute atomic E-state index is 0.455. The standard InChI is InChI=1S/2C6H11.Pb/c2*1-3-5-6-4-2;/h2*1,3H,4-6H2,2H3;. The van der Waals surface area contributed by atoms with Gasteiger partial charge in [0.2, 0.25) is 0 Å². The van der Waals surface area contributed by atoms with Crippen LogP contribution < -0.4 is 0 Å². The van der Waals surface area contributed by atoms with Crippen LogP contribution in [0.15, 0.2) is 19.4 Å². The molecular weight excluding hydrogens is 351 g/mol. The molecule has 0 unspecified atom stereocenters. The summed E-state index contributed by atoms with van der Waals surface area (Å²) in [6.07, 6.45) is 12.7. The van der Waals surface area contributed by atoms with E-state index in [1.54, 1.807) is 0 Å². The molecule has 0 saturated carbocycles. The fourth-order valence-electron chi connectivity index (χ4n) is 1.00. The molecule has 0 spiro atoms. The van der Waals surface area contributed by atoms with Crippen molar-refractivity contribution in [3.63, 3.8) is 0 Å². The Hall–Kier alpha value is 0.402. The minimum atomic E-state index is -0.455. The second-order valence-corrected chi connectivity index (χ2v) is 7.14. The summed E-state index contributed by atoms with van der Waals surface area (Å²) < 4.78 is 4.94. The van der Waals surface area contributed by atoms with E-state index in [1.807, 2.05) is 0 Å². The second kappa shape index (κ2) is 12.4. The first-order chi connectivity index (χ1) is 6.41. The zero-order chi connectivity index (χ0) is 9.78. The Morgan fingerprint density at radius 3 is 1.69 bits per heavy atom. The fourth-order valence-corrected chi connectivity index (χ4v) is 3.79. The van der Waals surface area contributed by atoms with Gasteiger partial charge in [-0.05, 0) is 0 Å². The first-order valence-corrected chi connectivity index (χ1v) is 9.96. The van der Waals surface area contributed by atoms with Gasteiger partial charge in [0.15, 0.2) is 0 Å². The van der Waals surface area contributed by atoms with Gasteiger partial charge in [0, 0.05) is 0 Å². The predicted molar refractivity (Wildman–Crippen MR) is 63.1 cm³/mol. The van der Waals surface area contributed by atoms with Crippen molar-refractivity contribution < 1.29 is 0 Å². The molecule has 0 nitrogen and oxygen atoms in total. The van der Waals surface area contributed by atoms with E-state index in [1.165, 1.54) is 38.5 Å². The van der Waals surface area contributed by atoms with Crippen LogP contribution >= 0.6 is 0 Å². The van der Waals surface area contributed by atoms with Gasteiger partial charge in [-0.1, -0.05) is 0 Å². The Bertz CT molecular complexity index is 120. The normalized spacial score (nSPS) is 11.8. The van der Waals surface area contributed by atoms with E-state index in [9.17, 15) is 0 Å². The quantitative estimate of drug-likeness (QED) is 0.444. The van der Waals surface area contributed by atoms with Crippen LogP contribution in [0.5, 0.6) is 0 Å². The third-order valence-electron chi connectivity index (χ3n) is 1.88. The van der Waals surface area contributed by atoms with E-state index < -0.39 is 24.2 Å². The summed E-state index contributed by atoms with van der Waals surface area (Å²) in [6, 6.07) is 0. The summed E-state index contributed by atoms with van der Waals surface area (Å²) in [5.41, 5.74) is 0. The summed E-state index contributed by atoms with van der Waals surface area (Å²) >= 11 is -0.455. The predicted octanol–water partition coefficient (Wildman–Crippen LogP) is 4.10. The summed E-state index contributed by atoms with van der Waals surface area (Å²) in [6.45, 7) is 4.50. The van der Waals surface area contributed by atoms with E-state index in [0.717, 1.165) is 0 Å². The number of hydrogen-bond donors (Lipinski definition) is 0. The van der Waals surface area contributed by atoms with E-state index in [0.29, 0.717) is 0 Å². The Balaban J connectivity index is 3.13. The zero-order valence-corrected chi connectivity index (χ0v) is 12.9. The summed E-state index contributed by atoms with van der Waals surface area (Å²) in [5, 5.41) is 0. The Morgan fingerprint density at radius 1 is 0.846 bits per heavy atom. The Kier molecular flexibility index (Phi) is 12.8. The molecule has 2 radical (unpaired) electrons. The molecule has 0 bridgehead atoms. The molecule has 13 heavy (non-hydrogen) atoms. The third-order valence-corrected chi connectivity index (χ3v) is 5.21. The topological polar surface area (TPSA) is 0 Å². The molecule has 0 aliphatic heterocycles. The molecule has 0 saturated heterocycles. The molecule has 0 aliphatic carbocycles. The zero-order valence-electron chi connectivity index (χ0n) is 9.05. The summed E-state index contributed by atoms with van der Waals surface area (Å²) in [4.78, 5) is 0. The van der Waals surface area contributed by atoms with Gasteiger partial charge in [0.25, 0.3) is 0 Å². The molecule has 0 aromatic rings. The van der Waals surface area contributed by atoms with Crippen molar-refractivity contribution in [2.45, 2.75) is 52.4 Å². The van der Waals surface area contributed by atoms with Crippen LogP contribution in [0, 0.1) is 0 Å². The van der Waals surface area contributed by atoms with Gasteiger partial charge in [0.05, 0.1) is 0 Å². The van der Waals surface area contributed by atoms with E-state index >= 15 is 0 Å². The molecule has 0 heterocycles. The Morgan fingerprint density at radius 2 is 1.31 bits per heavy atom. The van der Waals surface area contributed by atoms with Crippen LogP contribution in [0.4, 0.5) is 0 Å². The maximum absolute atomic E-state index is 2.47. The Labute approximate surface area is 95.7 Å². The molecule has 0 aromatic carbocycles. The number of unbranched alkanes of at least 4 members (excludes halogenated alkanes) is 4. The first kappa shape index (κ1) is 13.4. The van der Waals surface area contributed by atoms with Crippen molar-refractivity contribution >= 4 is 24.2 Å². The fraction of sp³-hybridized carbons (Fsp3) is 0.667. The van der Waals surface area contributed by atoms with Crippen molar-refractivity contribution in [2.24, 2.45) is 0 Å². The molecule has 0 fully saturated rings. The molecule has 0 rings (SSSR count). The molecule has 74 valence electrons. The SMILES string of the molecule is CCCC/C=[CH]/[Pb]/[CH]=C/CCCC. The van der Waals surface area contributed by atoms with Crippen molar-refractivity contribution in [1.29, 1.82) is 0 Å². The van der Waals surface area contributed by atoms with Crippen molar-refractivity contribution in [2.75, 3.05) is 0 Å². The molecule has 1 heteroatoms. The number of rotatable bonds is 8. The molecule has 0 aliphatic rings. The number of allylic oxidation sites excluding steroid dienone is 2. The van der Waals surface area contributed by atoms with Gasteiger partial charge < -0.3 is 0 Å². The van der Waals surface area contributed by atoms with Gasteiger partial charge in [-0.15, -0.1) is 0 Å². The van der Waals surface area contributed by atoms with Crippen molar-refractivity contribution in [3.05, 3.63) is 19.4 Å². The van der Waals surface area contributed by atoms with Crippen molar-refractivity contribution in [3.8, 4) is 0 Å². The molecule has 0 atom stereocenters. The van der Waals surface area contributed by atoms with Gasteiger partial charge >= 0.3 is 96.0 Å².